The van der Waals surface area contributed by atoms with E-state index in [4.69, 9.17) is 4.74 Å². The van der Waals surface area contributed by atoms with Crippen LogP contribution in [0.2, 0.25) is 0 Å². The quantitative estimate of drug-likeness (QED) is 0.0383. The molecule has 0 spiro atoms. The number of nitrogens with one attached hydrogen (secondary N) is 4. The van der Waals surface area contributed by atoms with Crippen molar-refractivity contribution in [2.75, 3.05) is 118 Å². The molecule has 426 valence electrons. The summed E-state index contributed by atoms with van der Waals surface area (Å²) in [6.45, 7) is 0.335. The fraction of sp³-hybridized carbons (Fsp3) is 0.531. The number of carbonyl (C=O) groups excluding carboxylic acids is 4. The zero-order valence-electron chi connectivity index (χ0n) is 42.6. The van der Waals surface area contributed by atoms with E-state index >= 15 is 0 Å². The molecule has 0 aliphatic carbocycles. The monoisotopic (exact) mass is 1120 g/mol. The van der Waals surface area contributed by atoms with Crippen LogP contribution in [0.1, 0.15) is 41.6 Å². The van der Waals surface area contributed by atoms with Crippen LogP contribution >= 0.6 is 0 Å². The number of nitrogens with zero attached hydrogens (tertiary/aromatic N) is 7. The number of alkyl halides is 2. The van der Waals surface area contributed by atoms with E-state index in [9.17, 15) is 75.2 Å². The Morgan fingerprint density at radius 1 is 0.744 bits per heavy atom. The molecule has 25 nitrogen and oxygen atoms in total. The van der Waals surface area contributed by atoms with Crippen molar-refractivity contribution in [3.63, 3.8) is 0 Å². The molecule has 2 fully saturated rings. The Bertz CT molecular complexity index is 2690. The lowest BCUT2D eigenvalue weighted by molar-refractivity contribution is -0.140. The maximum atomic E-state index is 13.9. The first-order valence-electron chi connectivity index (χ1n) is 25.0. The van der Waals surface area contributed by atoms with Crippen molar-refractivity contribution in [1.82, 2.24) is 50.8 Å². The SMILES string of the molecule is N#C[C@H]1CC(F)(F)CN1C(=O)CNC(=O)c1ccnc2ccc(OCCCN[C@H](Cc3ccc(OS(=O)(=O)F)cc3)C(=O)NCCCCNC(=O)CN3CCN(CC(=O)O)CCN(CC(=O)O)CCN(CC(=O)O)CC3)cc12. The Balaban J connectivity index is 1.11. The molecule has 2 aliphatic heterocycles. The van der Waals surface area contributed by atoms with E-state index in [1.807, 2.05) is 0 Å². The predicted molar refractivity (Wildman–Crippen MR) is 271 cm³/mol. The highest BCUT2D eigenvalue weighted by Gasteiger charge is 2.47. The van der Waals surface area contributed by atoms with Crippen LogP contribution in [0.15, 0.2) is 54.7 Å². The lowest BCUT2D eigenvalue weighted by Gasteiger charge is -2.32. The summed E-state index contributed by atoms with van der Waals surface area (Å²) >= 11 is 0. The summed E-state index contributed by atoms with van der Waals surface area (Å²) in [4.78, 5) is 99.1. The van der Waals surface area contributed by atoms with Crippen molar-refractivity contribution in [3.05, 3.63) is 65.9 Å². The van der Waals surface area contributed by atoms with Crippen LogP contribution in [0.25, 0.3) is 10.9 Å². The van der Waals surface area contributed by atoms with Crippen LogP contribution in [0, 0.1) is 11.3 Å². The number of unbranched alkanes of at least 4 members (excludes halogenated alkanes) is 1. The number of pyridine rings is 1. The number of rotatable bonds is 27. The molecule has 3 aromatic rings. The van der Waals surface area contributed by atoms with Gasteiger partial charge < -0.3 is 50.4 Å². The van der Waals surface area contributed by atoms with Crippen LogP contribution < -0.4 is 30.2 Å². The zero-order chi connectivity index (χ0) is 56.8. The number of carboxylic acid groups (broad SMARTS) is 3. The number of likely N-dealkylation sites (tertiary alicyclic amines) is 1. The number of fused-ring (bicyclic) bond motifs is 1. The second-order valence-corrected chi connectivity index (χ2v) is 19.6. The van der Waals surface area contributed by atoms with Gasteiger partial charge in [0.15, 0.2) is 0 Å². The molecule has 3 heterocycles. The van der Waals surface area contributed by atoms with Crippen LogP contribution in [0.5, 0.6) is 11.5 Å². The van der Waals surface area contributed by atoms with E-state index in [1.54, 1.807) is 43.9 Å². The molecule has 29 heteroatoms. The highest BCUT2D eigenvalue weighted by atomic mass is 32.3. The van der Waals surface area contributed by atoms with Gasteiger partial charge in [0, 0.05) is 83.5 Å². The summed E-state index contributed by atoms with van der Waals surface area (Å²) in [5.74, 6) is -8.57. The van der Waals surface area contributed by atoms with Gasteiger partial charge in [0.25, 0.3) is 11.8 Å². The summed E-state index contributed by atoms with van der Waals surface area (Å²) < 4.78 is 73.1. The van der Waals surface area contributed by atoms with Crippen molar-refractivity contribution in [3.8, 4) is 17.6 Å². The summed E-state index contributed by atoms with van der Waals surface area (Å²) in [6, 6.07) is 11.2. The molecule has 0 unspecified atom stereocenters. The standard InChI is InChI=1S/C49H64F3N11O14S/c50-49(51)26-35(27-53)63(33-49)43(65)28-58-47(72)38-10-14-55-40-9-8-37(25-39(38)40)76-23-3-13-54-41(24-34-4-6-36(7-5-34)77-78(52,74)75)48(73)57-12-2-1-11-56-42(64)29-59-15-17-60(30-44(66)67)19-21-62(32-46(70)71)22-20-61(18-16-59)31-45(68)69/h4-10,14,25,35,41,54H,1-3,11-13,15-24,26,28-33H2,(H,56,64)(H,57,73)(H,58,72)(H,66,67)(H,68,69)(H,70,71)/t35-,41-/m1/s1. The fourth-order valence-corrected chi connectivity index (χ4v) is 8.99. The third-order valence-corrected chi connectivity index (χ3v) is 12.9. The fourth-order valence-electron chi connectivity index (χ4n) is 8.64. The minimum atomic E-state index is -5.27. The largest absolute Gasteiger partial charge is 0.494 e. The predicted octanol–water partition coefficient (Wildman–Crippen LogP) is -0.225. The lowest BCUT2D eigenvalue weighted by Crippen LogP contribution is -2.49. The van der Waals surface area contributed by atoms with Crippen LogP contribution in [-0.4, -0.2) is 231 Å². The van der Waals surface area contributed by atoms with Crippen molar-refractivity contribution >= 4 is 62.9 Å². The molecule has 4 amide bonds. The molecule has 7 N–H and O–H groups in total. The molecule has 2 atom stereocenters. The minimum absolute atomic E-state index is 0.0652. The number of ether oxygens (including phenoxy) is 1. The van der Waals surface area contributed by atoms with Crippen molar-refractivity contribution in [2.45, 2.75) is 50.1 Å². The Kier molecular flexibility index (Phi) is 23.7. The molecule has 0 saturated carbocycles. The normalized spacial score (nSPS) is 17.4. The van der Waals surface area contributed by atoms with Crippen molar-refractivity contribution < 1.29 is 78.9 Å². The second-order valence-electron chi connectivity index (χ2n) is 18.6. The average Bonchev–Trinajstić information content (AvgIpc) is 3.72. The summed E-state index contributed by atoms with van der Waals surface area (Å²) in [6.07, 6.45) is 2.01. The summed E-state index contributed by atoms with van der Waals surface area (Å²) in [7, 11) is -5.27. The number of amides is 4. The van der Waals surface area contributed by atoms with Crippen molar-refractivity contribution in [2.24, 2.45) is 0 Å². The van der Waals surface area contributed by atoms with E-state index in [2.05, 4.69) is 30.4 Å². The van der Waals surface area contributed by atoms with Crippen molar-refractivity contribution in [1.29, 1.82) is 5.26 Å². The van der Waals surface area contributed by atoms with Gasteiger partial charge in [0.05, 0.1) is 69.1 Å². The number of aliphatic carboxylic acids is 3. The Morgan fingerprint density at radius 3 is 1.85 bits per heavy atom. The van der Waals surface area contributed by atoms with Gasteiger partial charge in [-0.1, -0.05) is 16.0 Å². The first-order valence-corrected chi connectivity index (χ1v) is 26.3. The second kappa shape index (κ2) is 30.1. The third-order valence-electron chi connectivity index (χ3n) is 12.6. The van der Waals surface area contributed by atoms with E-state index in [-0.39, 0.29) is 134 Å². The topological polar surface area (TPSA) is 334 Å². The Labute approximate surface area is 448 Å². The molecule has 5 rings (SSSR count). The first-order chi connectivity index (χ1) is 37.1. The summed E-state index contributed by atoms with van der Waals surface area (Å²) in [5, 5.41) is 49.4. The van der Waals surface area contributed by atoms with Gasteiger partial charge in [0.1, 0.15) is 17.5 Å². The zero-order valence-corrected chi connectivity index (χ0v) is 43.4. The van der Waals surface area contributed by atoms with Crippen LogP contribution in [-0.2, 0) is 45.7 Å². The highest BCUT2D eigenvalue weighted by molar-refractivity contribution is 7.81. The molecular formula is C49H64F3N11O14S. The van der Waals surface area contributed by atoms with E-state index < -0.39 is 77.7 Å². The number of aromatic nitrogens is 1. The number of carboxylic acids is 3. The van der Waals surface area contributed by atoms with Gasteiger partial charge in [0.2, 0.25) is 17.7 Å². The summed E-state index contributed by atoms with van der Waals surface area (Å²) in [5.41, 5.74) is 1.13. The van der Waals surface area contributed by atoms with Crippen LogP contribution in [0.3, 0.4) is 0 Å². The van der Waals surface area contributed by atoms with Crippen LogP contribution in [0.4, 0.5) is 12.7 Å². The van der Waals surface area contributed by atoms with E-state index in [1.165, 1.54) is 36.5 Å². The molecule has 2 aliphatic rings. The van der Waals surface area contributed by atoms with E-state index in [0.717, 1.165) is 4.90 Å². The number of hydrogen-bond acceptors (Lipinski definition) is 18. The Hall–Kier alpha value is -7.23. The smallest absolute Gasteiger partial charge is 0.488 e. The molecule has 2 saturated heterocycles. The number of benzene rings is 2. The van der Waals surface area contributed by atoms with Gasteiger partial charge in [-0.15, -0.1) is 0 Å². The molecule has 0 radical (unpaired) electrons. The number of nitriles is 1. The maximum Gasteiger partial charge on any atom is 0.488 e. The molecular weight excluding hydrogens is 1060 g/mol. The third kappa shape index (κ3) is 21.7. The molecule has 78 heavy (non-hydrogen) atoms. The van der Waals surface area contributed by atoms with Gasteiger partial charge in [-0.05, 0) is 74.2 Å². The number of hydrogen-bond donors (Lipinski definition) is 7. The number of carbonyl (C=O) groups is 7. The molecule has 0 bridgehead atoms. The van der Waals surface area contributed by atoms with Gasteiger partial charge in [-0.25, -0.2) is 8.78 Å². The minimum Gasteiger partial charge on any atom is -0.494 e. The van der Waals surface area contributed by atoms with Gasteiger partial charge >= 0.3 is 28.4 Å². The first kappa shape index (κ1) is 61.6. The van der Waals surface area contributed by atoms with E-state index in [0.29, 0.717) is 41.5 Å². The molecule has 2 aromatic carbocycles. The number of halogens is 3. The van der Waals surface area contributed by atoms with Gasteiger partial charge in [-0.2, -0.15) is 13.7 Å². The Morgan fingerprint density at radius 2 is 1.29 bits per heavy atom. The van der Waals surface area contributed by atoms with Gasteiger partial charge in [-0.3, -0.25) is 58.1 Å². The molecule has 1 aromatic heterocycles. The lowest BCUT2D eigenvalue weighted by atomic mass is 10.0. The highest BCUT2D eigenvalue weighted by Crippen LogP contribution is 2.32. The maximum absolute atomic E-state index is 13.9. The average molecular weight is 1120 g/mol.